The van der Waals surface area contributed by atoms with Crippen LogP contribution in [-0.4, -0.2) is 28.6 Å². The summed E-state index contributed by atoms with van der Waals surface area (Å²) in [4.78, 5) is 17.2. The molecule has 0 saturated heterocycles. The second-order valence-corrected chi connectivity index (χ2v) is 6.90. The first-order chi connectivity index (χ1) is 11.3. The molecule has 0 aliphatic carbocycles. The number of hydrogen-bond donors (Lipinski definition) is 2. The highest BCUT2D eigenvalue weighted by molar-refractivity contribution is 7.17. The third kappa shape index (κ3) is 4.04. The Kier molecular flexibility index (Phi) is 5.17. The molecule has 1 aromatic carbocycles. The molecular weight excluding hydrogens is 328 g/mol. The van der Waals surface area contributed by atoms with Gasteiger partial charge in [-0.15, -0.1) is 11.3 Å². The average molecular weight is 344 g/mol. The van der Waals surface area contributed by atoms with Gasteiger partial charge in [0.1, 0.15) is 9.88 Å². The van der Waals surface area contributed by atoms with Gasteiger partial charge >= 0.3 is 0 Å². The second-order valence-electron chi connectivity index (χ2n) is 5.08. The Hall–Kier alpha value is -2.02. The van der Waals surface area contributed by atoms with Crippen molar-refractivity contribution in [2.24, 2.45) is 0 Å². The highest BCUT2D eigenvalue weighted by atomic mass is 32.1. The Morgan fingerprint density at radius 3 is 2.78 bits per heavy atom. The van der Waals surface area contributed by atoms with Crippen LogP contribution in [0.1, 0.15) is 15.2 Å². The maximum atomic E-state index is 12.3. The maximum absolute atomic E-state index is 12.3. The Bertz CT molecular complexity index is 754. The van der Waals surface area contributed by atoms with E-state index < -0.39 is 0 Å². The minimum Gasteiger partial charge on any atom is -0.394 e. The third-order valence-electron chi connectivity index (χ3n) is 3.38. The summed E-state index contributed by atoms with van der Waals surface area (Å²) in [6, 6.07) is 11.5. The van der Waals surface area contributed by atoms with Crippen molar-refractivity contribution in [1.82, 2.24) is 10.3 Å². The van der Waals surface area contributed by atoms with Crippen LogP contribution >= 0.6 is 22.7 Å². The topological polar surface area (TPSA) is 62.2 Å². The van der Waals surface area contributed by atoms with Crippen LogP contribution in [0.5, 0.6) is 0 Å². The molecular formula is C17H16N2O2S2. The van der Waals surface area contributed by atoms with Crippen molar-refractivity contribution >= 4 is 28.6 Å². The highest BCUT2D eigenvalue weighted by Crippen LogP contribution is 2.26. The standard InChI is InChI=1S/C17H16N2O2S2/c20-10-14(8-12-4-2-1-3-5-12)19-16(21)15-9-18-17(23-15)13-6-7-22-11-13/h1-7,9,11,14,20H,8,10H2,(H,19,21). The lowest BCUT2D eigenvalue weighted by molar-refractivity contribution is 0.0920. The quantitative estimate of drug-likeness (QED) is 0.722. The average Bonchev–Trinajstić information content (AvgIpc) is 3.26. The molecule has 23 heavy (non-hydrogen) atoms. The molecule has 1 amide bonds. The van der Waals surface area contributed by atoms with Gasteiger partial charge in [-0.1, -0.05) is 30.3 Å². The van der Waals surface area contributed by atoms with E-state index in [1.165, 1.54) is 11.3 Å². The van der Waals surface area contributed by atoms with Crippen molar-refractivity contribution in [2.45, 2.75) is 12.5 Å². The van der Waals surface area contributed by atoms with Crippen molar-refractivity contribution in [2.75, 3.05) is 6.61 Å². The number of aromatic nitrogens is 1. The SMILES string of the molecule is O=C(NC(CO)Cc1ccccc1)c1cnc(-c2ccsc2)s1. The number of thiazole rings is 1. The van der Waals surface area contributed by atoms with Crippen LogP contribution in [0.2, 0.25) is 0 Å². The molecule has 2 aromatic heterocycles. The summed E-state index contributed by atoms with van der Waals surface area (Å²) in [6.07, 6.45) is 2.18. The van der Waals surface area contributed by atoms with Crippen LogP contribution in [0.15, 0.2) is 53.4 Å². The Morgan fingerprint density at radius 2 is 2.09 bits per heavy atom. The van der Waals surface area contributed by atoms with Crippen LogP contribution in [0.25, 0.3) is 10.6 Å². The van der Waals surface area contributed by atoms with Gasteiger partial charge in [-0.25, -0.2) is 4.98 Å². The third-order valence-corrected chi connectivity index (χ3v) is 5.11. The van der Waals surface area contributed by atoms with Gasteiger partial charge in [-0.05, 0) is 23.4 Å². The lowest BCUT2D eigenvalue weighted by Crippen LogP contribution is -2.38. The number of carbonyl (C=O) groups excluding carboxylic acids is 1. The molecule has 4 nitrogen and oxygen atoms in total. The largest absolute Gasteiger partial charge is 0.394 e. The van der Waals surface area contributed by atoms with Gasteiger partial charge in [-0.3, -0.25) is 4.79 Å². The highest BCUT2D eigenvalue weighted by Gasteiger charge is 2.16. The van der Waals surface area contributed by atoms with E-state index in [0.29, 0.717) is 11.3 Å². The van der Waals surface area contributed by atoms with Crippen LogP contribution in [0.3, 0.4) is 0 Å². The van der Waals surface area contributed by atoms with E-state index in [-0.39, 0.29) is 18.6 Å². The number of aliphatic hydroxyl groups is 1. The summed E-state index contributed by atoms with van der Waals surface area (Å²) < 4.78 is 0. The fraction of sp³-hybridized carbons (Fsp3) is 0.176. The van der Waals surface area contributed by atoms with E-state index in [1.807, 2.05) is 47.2 Å². The lowest BCUT2D eigenvalue weighted by Gasteiger charge is -2.15. The van der Waals surface area contributed by atoms with Gasteiger partial charge in [0.05, 0.1) is 18.8 Å². The van der Waals surface area contributed by atoms with E-state index in [0.717, 1.165) is 16.1 Å². The van der Waals surface area contributed by atoms with Gasteiger partial charge in [-0.2, -0.15) is 11.3 Å². The van der Waals surface area contributed by atoms with Gasteiger partial charge in [0.25, 0.3) is 5.91 Å². The van der Waals surface area contributed by atoms with Gasteiger partial charge < -0.3 is 10.4 Å². The zero-order chi connectivity index (χ0) is 16.1. The number of thiophene rings is 1. The molecule has 0 bridgehead atoms. The summed E-state index contributed by atoms with van der Waals surface area (Å²) in [7, 11) is 0. The van der Waals surface area contributed by atoms with Crippen molar-refractivity contribution in [3.63, 3.8) is 0 Å². The molecule has 0 aliphatic heterocycles. The zero-order valence-electron chi connectivity index (χ0n) is 12.3. The number of benzene rings is 1. The summed E-state index contributed by atoms with van der Waals surface area (Å²) in [5.41, 5.74) is 2.11. The molecule has 0 spiro atoms. The second kappa shape index (κ2) is 7.50. The van der Waals surface area contributed by atoms with E-state index in [9.17, 15) is 9.90 Å². The predicted octanol–water partition coefficient (Wildman–Crippen LogP) is 3.21. The summed E-state index contributed by atoms with van der Waals surface area (Å²) in [5.74, 6) is -0.195. The number of amides is 1. The molecule has 0 fully saturated rings. The molecule has 0 saturated carbocycles. The minimum atomic E-state index is -0.309. The molecule has 3 rings (SSSR count). The summed E-state index contributed by atoms with van der Waals surface area (Å²) in [6.45, 7) is -0.100. The minimum absolute atomic E-state index is 0.100. The van der Waals surface area contributed by atoms with Gasteiger partial charge in [0, 0.05) is 10.9 Å². The van der Waals surface area contributed by atoms with Crippen molar-refractivity contribution in [3.05, 3.63) is 63.8 Å². The van der Waals surface area contributed by atoms with Gasteiger partial charge in [0.2, 0.25) is 0 Å². The van der Waals surface area contributed by atoms with Crippen molar-refractivity contribution in [1.29, 1.82) is 0 Å². The van der Waals surface area contributed by atoms with E-state index >= 15 is 0 Å². The molecule has 0 radical (unpaired) electrons. The number of aliphatic hydroxyl groups excluding tert-OH is 1. The Balaban J connectivity index is 1.65. The van der Waals surface area contributed by atoms with Crippen molar-refractivity contribution in [3.8, 4) is 10.6 Å². The smallest absolute Gasteiger partial charge is 0.263 e. The number of nitrogens with one attached hydrogen (secondary N) is 1. The van der Waals surface area contributed by atoms with Crippen LogP contribution in [0, 0.1) is 0 Å². The van der Waals surface area contributed by atoms with Crippen LogP contribution < -0.4 is 5.32 Å². The first kappa shape index (κ1) is 15.9. The monoisotopic (exact) mass is 344 g/mol. The molecule has 1 unspecified atom stereocenters. The number of hydrogen-bond acceptors (Lipinski definition) is 5. The number of nitrogens with zero attached hydrogens (tertiary/aromatic N) is 1. The summed E-state index contributed by atoms with van der Waals surface area (Å²) >= 11 is 2.96. The summed E-state index contributed by atoms with van der Waals surface area (Å²) in [5, 5.41) is 17.2. The Morgan fingerprint density at radius 1 is 1.26 bits per heavy atom. The molecule has 2 N–H and O–H groups in total. The van der Waals surface area contributed by atoms with E-state index in [4.69, 9.17) is 0 Å². The maximum Gasteiger partial charge on any atom is 0.263 e. The first-order valence-corrected chi connectivity index (χ1v) is 8.96. The molecule has 6 heteroatoms. The van der Waals surface area contributed by atoms with Crippen LogP contribution in [0.4, 0.5) is 0 Å². The first-order valence-electron chi connectivity index (χ1n) is 7.20. The number of rotatable bonds is 6. The Labute approximate surface area is 142 Å². The molecule has 118 valence electrons. The van der Waals surface area contributed by atoms with E-state index in [2.05, 4.69) is 10.3 Å². The van der Waals surface area contributed by atoms with Gasteiger partial charge in [0.15, 0.2) is 0 Å². The fourth-order valence-electron chi connectivity index (χ4n) is 2.22. The van der Waals surface area contributed by atoms with Crippen molar-refractivity contribution < 1.29 is 9.90 Å². The lowest BCUT2D eigenvalue weighted by atomic mass is 10.1. The predicted molar refractivity (Wildman–Crippen MR) is 93.9 cm³/mol. The van der Waals surface area contributed by atoms with E-state index in [1.54, 1.807) is 17.5 Å². The molecule has 3 aromatic rings. The van der Waals surface area contributed by atoms with Crippen LogP contribution in [-0.2, 0) is 6.42 Å². The fourth-order valence-corrected chi connectivity index (χ4v) is 3.75. The molecule has 0 aliphatic rings. The molecule has 2 heterocycles. The zero-order valence-corrected chi connectivity index (χ0v) is 13.9. The number of carbonyl (C=O) groups is 1. The molecule has 1 atom stereocenters. The normalized spacial score (nSPS) is 12.0.